The van der Waals surface area contributed by atoms with Crippen molar-refractivity contribution in [1.29, 1.82) is 0 Å². The van der Waals surface area contributed by atoms with Crippen molar-refractivity contribution in [3.05, 3.63) is 88.8 Å². The van der Waals surface area contributed by atoms with Crippen molar-refractivity contribution in [1.82, 2.24) is 15.1 Å². The number of urea groups is 1. The molecule has 8 nitrogen and oxygen atoms in total. The Labute approximate surface area is 198 Å². The molecular formula is C26H28N4O4. The summed E-state index contributed by atoms with van der Waals surface area (Å²) in [6, 6.07) is 16.2. The quantitative estimate of drug-likeness (QED) is 0.407. The Morgan fingerprint density at radius 3 is 2.38 bits per heavy atom. The first kappa shape index (κ1) is 24.4. The van der Waals surface area contributed by atoms with Crippen LogP contribution in [0.3, 0.4) is 0 Å². The van der Waals surface area contributed by atoms with E-state index in [2.05, 4.69) is 40.0 Å². The van der Waals surface area contributed by atoms with Crippen LogP contribution in [0.15, 0.2) is 60.7 Å². The smallest absolute Gasteiger partial charge is 0.331 e. The molecule has 0 saturated heterocycles. The van der Waals surface area contributed by atoms with Crippen molar-refractivity contribution in [2.75, 3.05) is 5.32 Å². The third-order valence-corrected chi connectivity index (χ3v) is 5.21. The molecule has 0 saturated carbocycles. The summed E-state index contributed by atoms with van der Waals surface area (Å²) in [6.45, 7) is 7.85. The number of aromatic nitrogens is 2. The molecule has 2 aromatic carbocycles. The Hall–Kier alpha value is -4.20. The predicted molar refractivity (Wildman–Crippen MR) is 130 cm³/mol. The molecule has 0 spiro atoms. The standard InChI is InChI=1S/C26H28N4O4/c1-17-10-12-21(13-11-17)16-30-19(3)23(18(2)29-30)14-15-24(31)34-20(4)25(32)28-26(33)27-22-8-6-5-7-9-22/h5-15,20H,16H2,1-4H3,(H2,27,28,32,33)/b15-14+. The Morgan fingerprint density at radius 1 is 1.03 bits per heavy atom. The van der Waals surface area contributed by atoms with Crippen LogP contribution >= 0.6 is 0 Å². The largest absolute Gasteiger partial charge is 0.449 e. The lowest BCUT2D eigenvalue weighted by molar-refractivity contribution is -0.149. The van der Waals surface area contributed by atoms with Crippen LogP contribution < -0.4 is 10.6 Å². The first-order valence-electron chi connectivity index (χ1n) is 10.9. The number of carbonyl (C=O) groups excluding carboxylic acids is 3. The second-order valence-electron chi connectivity index (χ2n) is 7.95. The fourth-order valence-electron chi connectivity index (χ4n) is 3.29. The summed E-state index contributed by atoms with van der Waals surface area (Å²) in [5.74, 6) is -1.43. The van der Waals surface area contributed by atoms with Gasteiger partial charge in [-0.25, -0.2) is 9.59 Å². The monoisotopic (exact) mass is 460 g/mol. The molecule has 0 aliphatic rings. The lowest BCUT2D eigenvalue weighted by atomic mass is 10.1. The number of aryl methyl sites for hydroxylation is 2. The zero-order valence-corrected chi connectivity index (χ0v) is 19.7. The number of hydrogen-bond acceptors (Lipinski definition) is 5. The fraction of sp³-hybridized carbons (Fsp3) is 0.231. The van der Waals surface area contributed by atoms with Gasteiger partial charge >= 0.3 is 12.0 Å². The second kappa shape index (κ2) is 11.1. The van der Waals surface area contributed by atoms with Gasteiger partial charge in [-0.1, -0.05) is 48.0 Å². The maximum absolute atomic E-state index is 12.2. The molecule has 0 fully saturated rings. The first-order valence-corrected chi connectivity index (χ1v) is 10.9. The minimum atomic E-state index is -1.15. The van der Waals surface area contributed by atoms with Crippen LogP contribution in [0, 0.1) is 20.8 Å². The summed E-state index contributed by atoms with van der Waals surface area (Å²) in [6.07, 6.45) is 1.73. The number of rotatable bonds is 7. The minimum Gasteiger partial charge on any atom is -0.449 e. The number of imide groups is 1. The number of anilines is 1. The van der Waals surface area contributed by atoms with Crippen molar-refractivity contribution >= 4 is 29.7 Å². The number of hydrogen-bond donors (Lipinski definition) is 2. The maximum Gasteiger partial charge on any atom is 0.331 e. The summed E-state index contributed by atoms with van der Waals surface area (Å²) in [5, 5.41) is 9.25. The van der Waals surface area contributed by atoms with Crippen molar-refractivity contribution in [3.63, 3.8) is 0 Å². The fourth-order valence-corrected chi connectivity index (χ4v) is 3.29. The van der Waals surface area contributed by atoms with Gasteiger partial charge in [-0.2, -0.15) is 5.10 Å². The molecule has 0 aliphatic carbocycles. The van der Waals surface area contributed by atoms with Crippen LogP contribution in [0.4, 0.5) is 10.5 Å². The molecule has 8 heteroatoms. The van der Waals surface area contributed by atoms with Gasteiger partial charge in [0.05, 0.1) is 12.2 Å². The number of esters is 1. The van der Waals surface area contributed by atoms with Gasteiger partial charge in [0.1, 0.15) is 0 Å². The Balaban J connectivity index is 1.55. The molecule has 0 bridgehead atoms. The van der Waals surface area contributed by atoms with Crippen LogP contribution in [-0.2, 0) is 20.9 Å². The number of nitrogens with zero attached hydrogens (tertiary/aromatic N) is 2. The number of carbonyl (C=O) groups is 3. The van der Waals surface area contributed by atoms with Crippen molar-refractivity contribution < 1.29 is 19.1 Å². The lowest BCUT2D eigenvalue weighted by Crippen LogP contribution is -2.41. The minimum absolute atomic E-state index is 0.536. The molecule has 34 heavy (non-hydrogen) atoms. The van der Waals surface area contributed by atoms with Gasteiger partial charge < -0.3 is 10.1 Å². The first-order chi connectivity index (χ1) is 16.2. The number of nitrogens with one attached hydrogen (secondary N) is 2. The molecule has 1 unspecified atom stereocenters. The highest BCUT2D eigenvalue weighted by atomic mass is 16.5. The van der Waals surface area contributed by atoms with Gasteiger partial charge in [0.15, 0.2) is 6.10 Å². The van der Waals surface area contributed by atoms with E-state index in [1.807, 2.05) is 25.5 Å². The van der Waals surface area contributed by atoms with Gasteiger partial charge in [0, 0.05) is 23.0 Å². The number of amides is 3. The molecule has 2 N–H and O–H groups in total. The molecule has 0 aliphatic heterocycles. The van der Waals surface area contributed by atoms with E-state index in [4.69, 9.17) is 4.74 Å². The molecular weight excluding hydrogens is 432 g/mol. The van der Waals surface area contributed by atoms with Crippen LogP contribution in [0.5, 0.6) is 0 Å². The maximum atomic E-state index is 12.2. The number of ether oxygens (including phenoxy) is 1. The van der Waals surface area contributed by atoms with E-state index in [9.17, 15) is 14.4 Å². The zero-order valence-electron chi connectivity index (χ0n) is 19.7. The van der Waals surface area contributed by atoms with Gasteiger partial charge in [0.2, 0.25) is 0 Å². The highest BCUT2D eigenvalue weighted by molar-refractivity contribution is 6.03. The molecule has 3 amide bonds. The normalized spacial score (nSPS) is 11.8. The molecule has 1 heterocycles. The summed E-state index contributed by atoms with van der Waals surface area (Å²) in [5.41, 5.74) is 5.35. The summed E-state index contributed by atoms with van der Waals surface area (Å²) >= 11 is 0. The molecule has 3 rings (SSSR count). The molecule has 176 valence electrons. The van der Waals surface area contributed by atoms with Gasteiger partial charge in [0.25, 0.3) is 5.91 Å². The second-order valence-corrected chi connectivity index (χ2v) is 7.95. The van der Waals surface area contributed by atoms with Crippen molar-refractivity contribution in [2.45, 2.75) is 40.3 Å². The van der Waals surface area contributed by atoms with Crippen LogP contribution in [0.25, 0.3) is 6.08 Å². The Bertz CT molecular complexity index is 1200. The van der Waals surface area contributed by atoms with Crippen molar-refractivity contribution in [2.24, 2.45) is 0 Å². The summed E-state index contributed by atoms with van der Waals surface area (Å²) in [7, 11) is 0. The van der Waals surface area contributed by atoms with E-state index < -0.39 is 24.0 Å². The topological polar surface area (TPSA) is 102 Å². The van der Waals surface area contributed by atoms with Gasteiger partial charge in [-0.05, 0) is 51.5 Å². The van der Waals surface area contributed by atoms with E-state index in [1.54, 1.807) is 36.4 Å². The van der Waals surface area contributed by atoms with Gasteiger partial charge in [-0.15, -0.1) is 0 Å². The lowest BCUT2D eigenvalue weighted by Gasteiger charge is -2.12. The van der Waals surface area contributed by atoms with Crippen LogP contribution in [0.1, 0.15) is 35.0 Å². The average molecular weight is 461 g/mol. The highest BCUT2D eigenvalue weighted by Gasteiger charge is 2.19. The van der Waals surface area contributed by atoms with Crippen molar-refractivity contribution in [3.8, 4) is 0 Å². The zero-order chi connectivity index (χ0) is 24.7. The SMILES string of the molecule is Cc1ccc(Cn2nc(C)c(/C=C/C(=O)OC(C)C(=O)NC(=O)Nc3ccccc3)c2C)cc1. The number of benzene rings is 2. The van der Waals surface area contributed by atoms with E-state index in [-0.39, 0.29) is 0 Å². The van der Waals surface area contributed by atoms with E-state index >= 15 is 0 Å². The molecule has 1 aromatic heterocycles. The van der Waals surface area contributed by atoms with E-state index in [0.717, 1.165) is 22.5 Å². The Kier molecular flexibility index (Phi) is 7.97. The average Bonchev–Trinajstić information content (AvgIpc) is 3.06. The molecule has 0 radical (unpaired) electrons. The third-order valence-electron chi connectivity index (χ3n) is 5.21. The highest BCUT2D eigenvalue weighted by Crippen LogP contribution is 2.17. The molecule has 3 aromatic rings. The van der Waals surface area contributed by atoms with Gasteiger partial charge in [-0.3, -0.25) is 14.8 Å². The number of para-hydroxylation sites is 1. The third kappa shape index (κ3) is 6.65. The summed E-state index contributed by atoms with van der Waals surface area (Å²) in [4.78, 5) is 36.4. The molecule has 1 atom stereocenters. The Morgan fingerprint density at radius 2 is 1.71 bits per heavy atom. The van der Waals surface area contributed by atoms with E-state index in [1.165, 1.54) is 18.6 Å². The van der Waals surface area contributed by atoms with E-state index in [0.29, 0.717) is 12.2 Å². The van der Waals surface area contributed by atoms with Crippen LogP contribution in [0.2, 0.25) is 0 Å². The summed E-state index contributed by atoms with van der Waals surface area (Å²) < 4.78 is 7.01. The van der Waals surface area contributed by atoms with Crippen LogP contribution in [-0.4, -0.2) is 33.8 Å². The predicted octanol–water partition coefficient (Wildman–Crippen LogP) is 4.15.